The van der Waals surface area contributed by atoms with E-state index in [0.29, 0.717) is 13.1 Å². The molecule has 1 rings (SSSR count). The molecule has 9 heteroatoms. The Labute approximate surface area is 127 Å². The number of piperidine rings is 1. The van der Waals surface area contributed by atoms with Gasteiger partial charge in [-0.15, -0.1) is 0 Å². The Balaban J connectivity index is 3.15. The Morgan fingerprint density at radius 1 is 0.909 bits per heavy atom. The fraction of sp³-hybridized carbons (Fsp3) is 0.692. The van der Waals surface area contributed by atoms with Crippen molar-refractivity contribution in [2.45, 2.75) is 24.8 Å². The SMILES string of the molecule is C[N+](C)(C(=O)CN1CCCCC1)C(C(=O)O)(C(=O)O)C(=O)O. The molecule has 1 amide bonds. The van der Waals surface area contributed by atoms with E-state index in [0.717, 1.165) is 33.4 Å². The largest absolute Gasteiger partial charge is 0.476 e. The van der Waals surface area contributed by atoms with Gasteiger partial charge >= 0.3 is 29.4 Å². The third-order valence-corrected chi connectivity index (χ3v) is 4.20. The van der Waals surface area contributed by atoms with Crippen molar-refractivity contribution in [1.82, 2.24) is 4.90 Å². The topological polar surface area (TPSA) is 132 Å². The van der Waals surface area contributed by atoms with Crippen LogP contribution >= 0.6 is 0 Å². The summed E-state index contributed by atoms with van der Waals surface area (Å²) in [6.45, 7) is 1.11. The molecule has 0 spiro atoms. The van der Waals surface area contributed by atoms with Crippen molar-refractivity contribution in [1.29, 1.82) is 0 Å². The second-order valence-corrected chi connectivity index (χ2v) is 5.81. The first-order valence-electron chi connectivity index (χ1n) is 6.88. The van der Waals surface area contributed by atoms with E-state index in [2.05, 4.69) is 0 Å². The molecule has 0 aromatic rings. The zero-order valence-electron chi connectivity index (χ0n) is 12.6. The molecule has 124 valence electrons. The standard InChI is InChI=1S/C13H20N2O7/c1-15(2,9(16)8-14-6-4-3-5-7-14)13(10(17)18,11(19)20)12(21)22/h3-8H2,1-2H3,(H2-,17,18,19,20,21,22)/p+1. The van der Waals surface area contributed by atoms with Crippen LogP contribution in [-0.2, 0) is 19.2 Å². The van der Waals surface area contributed by atoms with Crippen molar-refractivity contribution in [3.05, 3.63) is 0 Å². The average Bonchev–Trinajstić information content (AvgIpc) is 2.38. The lowest BCUT2D eigenvalue weighted by Gasteiger charge is -2.38. The summed E-state index contributed by atoms with van der Waals surface area (Å²) in [4.78, 5) is 48.4. The minimum absolute atomic E-state index is 0.178. The van der Waals surface area contributed by atoms with Crippen molar-refractivity contribution in [3.8, 4) is 0 Å². The molecule has 1 heterocycles. The van der Waals surface area contributed by atoms with Gasteiger partial charge in [0.2, 0.25) is 0 Å². The zero-order valence-corrected chi connectivity index (χ0v) is 12.6. The van der Waals surface area contributed by atoms with Gasteiger partial charge in [-0.25, -0.2) is 23.7 Å². The summed E-state index contributed by atoms with van der Waals surface area (Å²) in [5.74, 6) is -7.01. The minimum Gasteiger partial charge on any atom is -0.476 e. The average molecular weight is 317 g/mol. The number of hydrogen-bond acceptors (Lipinski definition) is 5. The molecule has 1 aliphatic rings. The van der Waals surface area contributed by atoms with E-state index in [-0.39, 0.29) is 6.54 Å². The summed E-state index contributed by atoms with van der Waals surface area (Å²) in [6, 6.07) is 0. The van der Waals surface area contributed by atoms with E-state index in [9.17, 15) is 34.5 Å². The monoisotopic (exact) mass is 317 g/mol. The molecule has 1 fully saturated rings. The second-order valence-electron chi connectivity index (χ2n) is 5.81. The predicted octanol–water partition coefficient (Wildman–Crippen LogP) is -0.932. The number of likely N-dealkylation sites (tertiary alicyclic amines) is 1. The highest BCUT2D eigenvalue weighted by Gasteiger charge is 2.70. The summed E-state index contributed by atoms with van der Waals surface area (Å²) in [6.07, 6.45) is 2.82. The number of amides is 1. The Hall–Kier alpha value is -2.00. The van der Waals surface area contributed by atoms with Crippen LogP contribution in [0.25, 0.3) is 0 Å². The molecule has 0 atom stereocenters. The molecule has 0 radical (unpaired) electrons. The highest BCUT2D eigenvalue weighted by molar-refractivity contribution is 6.21. The molecular weight excluding hydrogens is 296 g/mol. The third kappa shape index (κ3) is 2.81. The van der Waals surface area contributed by atoms with Crippen molar-refractivity contribution < 1.29 is 39.0 Å². The molecular formula is C13H21N2O7+. The number of carboxylic acid groups (broad SMARTS) is 3. The van der Waals surface area contributed by atoms with E-state index in [1.54, 1.807) is 4.90 Å². The summed E-state index contributed by atoms with van der Waals surface area (Å²) in [7, 11) is 2.01. The Morgan fingerprint density at radius 3 is 1.68 bits per heavy atom. The fourth-order valence-corrected chi connectivity index (χ4v) is 2.66. The number of quaternary nitrogens is 1. The number of carbonyl (C=O) groups is 4. The molecule has 0 aromatic heterocycles. The number of nitrogens with zero attached hydrogens (tertiary/aromatic N) is 2. The van der Waals surface area contributed by atoms with Gasteiger partial charge in [0.25, 0.3) is 0 Å². The van der Waals surface area contributed by atoms with Crippen LogP contribution in [0.1, 0.15) is 19.3 Å². The normalized spacial score (nSPS) is 17.0. The molecule has 22 heavy (non-hydrogen) atoms. The van der Waals surface area contributed by atoms with Gasteiger partial charge in [0.15, 0.2) is 0 Å². The van der Waals surface area contributed by atoms with Crippen molar-refractivity contribution in [2.24, 2.45) is 0 Å². The van der Waals surface area contributed by atoms with Crippen LogP contribution in [0.15, 0.2) is 0 Å². The molecule has 0 aliphatic carbocycles. The van der Waals surface area contributed by atoms with Gasteiger partial charge in [-0.1, -0.05) is 6.42 Å². The lowest BCUT2D eigenvalue weighted by atomic mass is 9.94. The first-order valence-corrected chi connectivity index (χ1v) is 6.88. The molecule has 0 bridgehead atoms. The number of rotatable bonds is 6. The Kier molecular flexibility index (Phi) is 5.26. The molecule has 9 nitrogen and oxygen atoms in total. The Bertz CT molecular complexity index is 459. The number of hydrogen-bond donors (Lipinski definition) is 3. The van der Waals surface area contributed by atoms with Crippen LogP contribution in [0.5, 0.6) is 0 Å². The van der Waals surface area contributed by atoms with Gasteiger partial charge in [-0.05, 0) is 25.9 Å². The summed E-state index contributed by atoms with van der Waals surface area (Å²) in [5.41, 5.74) is -3.27. The zero-order chi connectivity index (χ0) is 17.1. The van der Waals surface area contributed by atoms with E-state index in [1.165, 1.54) is 0 Å². The number of carbonyl (C=O) groups excluding carboxylic acids is 1. The van der Waals surface area contributed by atoms with Crippen molar-refractivity contribution >= 4 is 23.8 Å². The first kappa shape index (κ1) is 18.1. The lowest BCUT2D eigenvalue weighted by molar-refractivity contribution is -0.840. The van der Waals surface area contributed by atoms with E-state index in [1.807, 2.05) is 0 Å². The highest BCUT2D eigenvalue weighted by Crippen LogP contribution is 2.24. The van der Waals surface area contributed by atoms with E-state index >= 15 is 0 Å². The van der Waals surface area contributed by atoms with Crippen LogP contribution in [0.4, 0.5) is 0 Å². The van der Waals surface area contributed by atoms with E-state index in [4.69, 9.17) is 0 Å². The smallest absolute Gasteiger partial charge is 0.396 e. The van der Waals surface area contributed by atoms with Crippen molar-refractivity contribution in [3.63, 3.8) is 0 Å². The summed E-state index contributed by atoms with van der Waals surface area (Å²) < 4.78 is -1.30. The molecule has 0 unspecified atom stereocenters. The van der Waals surface area contributed by atoms with Gasteiger partial charge in [0, 0.05) is 0 Å². The van der Waals surface area contributed by atoms with E-state index < -0.39 is 33.8 Å². The predicted molar refractivity (Wildman–Crippen MR) is 73.0 cm³/mol. The lowest BCUT2D eigenvalue weighted by Crippen LogP contribution is -2.75. The summed E-state index contributed by atoms with van der Waals surface area (Å²) in [5, 5.41) is 27.6. The van der Waals surface area contributed by atoms with Gasteiger partial charge in [-0.3, -0.25) is 4.90 Å². The quantitative estimate of drug-likeness (QED) is 0.423. The molecule has 0 saturated carbocycles. The molecule has 3 N–H and O–H groups in total. The van der Waals surface area contributed by atoms with Crippen LogP contribution in [-0.4, -0.2) is 87.8 Å². The van der Waals surface area contributed by atoms with Crippen LogP contribution in [0.2, 0.25) is 0 Å². The Morgan fingerprint density at radius 2 is 1.32 bits per heavy atom. The minimum atomic E-state index is -3.27. The molecule has 0 aromatic carbocycles. The highest BCUT2D eigenvalue weighted by atomic mass is 16.4. The van der Waals surface area contributed by atoms with Gasteiger partial charge in [0.05, 0.1) is 14.1 Å². The molecule has 1 saturated heterocycles. The first-order chi connectivity index (χ1) is 10.1. The maximum Gasteiger partial charge on any atom is 0.396 e. The van der Waals surface area contributed by atoms with Crippen LogP contribution < -0.4 is 0 Å². The third-order valence-electron chi connectivity index (χ3n) is 4.20. The maximum absolute atomic E-state index is 12.4. The van der Waals surface area contributed by atoms with Gasteiger partial charge < -0.3 is 15.3 Å². The van der Waals surface area contributed by atoms with Gasteiger partial charge in [0.1, 0.15) is 6.54 Å². The number of likely N-dealkylation sites (N-methyl/N-ethyl adjacent to an activating group) is 1. The van der Waals surface area contributed by atoms with Crippen LogP contribution in [0.3, 0.4) is 0 Å². The number of carboxylic acids is 3. The van der Waals surface area contributed by atoms with Crippen molar-refractivity contribution in [2.75, 3.05) is 33.7 Å². The second kappa shape index (κ2) is 6.41. The fourth-order valence-electron chi connectivity index (χ4n) is 2.66. The molecule has 1 aliphatic heterocycles. The van der Waals surface area contributed by atoms with Crippen LogP contribution in [0, 0.1) is 0 Å². The van der Waals surface area contributed by atoms with Gasteiger partial charge in [-0.2, -0.15) is 0 Å². The number of aliphatic carboxylic acids is 3. The summed E-state index contributed by atoms with van der Waals surface area (Å²) >= 11 is 0. The maximum atomic E-state index is 12.4.